The van der Waals surface area contributed by atoms with E-state index in [2.05, 4.69) is 0 Å². The van der Waals surface area contributed by atoms with Crippen LogP contribution in [0.4, 0.5) is 0 Å². The van der Waals surface area contributed by atoms with Crippen molar-refractivity contribution in [1.29, 1.82) is 0 Å². The molecule has 2 aromatic rings. The van der Waals surface area contributed by atoms with Crippen LogP contribution >= 0.6 is 0 Å². The van der Waals surface area contributed by atoms with E-state index in [0.717, 1.165) is 16.7 Å². The average molecular weight is 373 g/mol. The van der Waals surface area contributed by atoms with Gasteiger partial charge in [-0.25, -0.2) is 8.42 Å². The van der Waals surface area contributed by atoms with Gasteiger partial charge in [0, 0.05) is 6.54 Å². The summed E-state index contributed by atoms with van der Waals surface area (Å²) in [5.41, 5.74) is 3.00. The first-order valence-electron chi connectivity index (χ1n) is 8.68. The molecule has 0 spiro atoms. The summed E-state index contributed by atoms with van der Waals surface area (Å²) in [7, 11) is -3.71. The molecule has 0 radical (unpaired) electrons. The third-order valence-electron chi connectivity index (χ3n) is 4.61. The molecule has 0 aromatic heterocycles. The van der Waals surface area contributed by atoms with Gasteiger partial charge in [-0.05, 0) is 44.4 Å². The minimum Gasteiger partial charge on any atom is -0.460 e. The lowest BCUT2D eigenvalue weighted by molar-refractivity contribution is -0.148. The fourth-order valence-corrected chi connectivity index (χ4v) is 4.69. The number of aryl methyl sites for hydroxylation is 2. The molecule has 2 aromatic carbocycles. The van der Waals surface area contributed by atoms with Crippen molar-refractivity contribution in [2.24, 2.45) is 0 Å². The molecule has 0 bridgehead atoms. The van der Waals surface area contributed by atoms with E-state index in [9.17, 15) is 13.2 Å². The monoisotopic (exact) mass is 373 g/mol. The molecule has 0 unspecified atom stereocenters. The lowest BCUT2D eigenvalue weighted by atomic mass is 10.2. The molecule has 1 saturated heterocycles. The van der Waals surface area contributed by atoms with Crippen LogP contribution in [0.2, 0.25) is 0 Å². The van der Waals surface area contributed by atoms with Gasteiger partial charge in [-0.15, -0.1) is 0 Å². The number of carbonyl (C=O) groups excluding carboxylic acids is 1. The summed E-state index contributed by atoms with van der Waals surface area (Å²) in [4.78, 5) is 12.7. The molecular formula is C20H23NO4S. The second-order valence-electron chi connectivity index (χ2n) is 6.68. The Bertz CT molecular complexity index is 873. The van der Waals surface area contributed by atoms with Gasteiger partial charge in [0.1, 0.15) is 12.6 Å². The molecule has 0 amide bonds. The zero-order valence-electron chi connectivity index (χ0n) is 15.0. The summed E-state index contributed by atoms with van der Waals surface area (Å²) in [5, 5.41) is 0. The highest BCUT2D eigenvalue weighted by Crippen LogP contribution is 2.27. The van der Waals surface area contributed by atoms with Crippen molar-refractivity contribution in [3.05, 3.63) is 65.2 Å². The minimum atomic E-state index is -3.71. The first-order valence-corrected chi connectivity index (χ1v) is 10.1. The number of sulfonamides is 1. The fraction of sp³-hybridized carbons (Fsp3) is 0.350. The Morgan fingerprint density at radius 2 is 1.62 bits per heavy atom. The second kappa shape index (κ2) is 7.60. The zero-order valence-corrected chi connectivity index (χ0v) is 15.8. The first-order chi connectivity index (χ1) is 12.4. The third-order valence-corrected chi connectivity index (χ3v) is 6.53. The summed E-state index contributed by atoms with van der Waals surface area (Å²) < 4.78 is 32.4. The zero-order chi connectivity index (χ0) is 18.7. The van der Waals surface area contributed by atoms with Crippen LogP contribution in [-0.2, 0) is 26.2 Å². The summed E-state index contributed by atoms with van der Waals surface area (Å²) in [6.45, 7) is 4.37. The molecule has 1 aliphatic heterocycles. The van der Waals surface area contributed by atoms with Crippen molar-refractivity contribution in [1.82, 2.24) is 4.31 Å². The van der Waals surface area contributed by atoms with Gasteiger partial charge in [0.25, 0.3) is 0 Å². The lowest BCUT2D eigenvalue weighted by Gasteiger charge is -2.23. The lowest BCUT2D eigenvalue weighted by Crippen LogP contribution is -2.41. The minimum absolute atomic E-state index is 0.147. The molecular weight excluding hydrogens is 350 g/mol. The highest BCUT2D eigenvalue weighted by atomic mass is 32.2. The number of hydrogen-bond donors (Lipinski definition) is 0. The highest BCUT2D eigenvalue weighted by Gasteiger charge is 2.40. The van der Waals surface area contributed by atoms with Gasteiger partial charge in [-0.1, -0.05) is 47.5 Å². The van der Waals surface area contributed by atoms with Crippen molar-refractivity contribution in [3.63, 3.8) is 0 Å². The third kappa shape index (κ3) is 3.97. The van der Waals surface area contributed by atoms with E-state index < -0.39 is 22.0 Å². The van der Waals surface area contributed by atoms with Crippen LogP contribution in [0.3, 0.4) is 0 Å². The van der Waals surface area contributed by atoms with E-state index >= 15 is 0 Å². The van der Waals surface area contributed by atoms with E-state index in [1.165, 1.54) is 4.31 Å². The molecule has 1 heterocycles. The smallest absolute Gasteiger partial charge is 0.324 e. The second-order valence-corrected chi connectivity index (χ2v) is 8.57. The van der Waals surface area contributed by atoms with Crippen molar-refractivity contribution in [2.45, 2.75) is 44.2 Å². The predicted molar refractivity (Wildman–Crippen MR) is 99.1 cm³/mol. The molecule has 6 heteroatoms. The van der Waals surface area contributed by atoms with Crippen molar-refractivity contribution in [3.8, 4) is 0 Å². The molecule has 3 rings (SSSR count). The van der Waals surface area contributed by atoms with Crippen LogP contribution in [0.5, 0.6) is 0 Å². The maximum Gasteiger partial charge on any atom is 0.324 e. The Balaban J connectivity index is 1.71. The van der Waals surface area contributed by atoms with Crippen LogP contribution in [0.15, 0.2) is 53.4 Å². The fourth-order valence-electron chi connectivity index (χ4n) is 3.04. The summed E-state index contributed by atoms with van der Waals surface area (Å²) >= 11 is 0. The Morgan fingerprint density at radius 1 is 1.04 bits per heavy atom. The van der Waals surface area contributed by atoms with Crippen LogP contribution in [0.25, 0.3) is 0 Å². The number of esters is 1. The van der Waals surface area contributed by atoms with Gasteiger partial charge in [-0.3, -0.25) is 4.79 Å². The number of hydrogen-bond acceptors (Lipinski definition) is 4. The van der Waals surface area contributed by atoms with Crippen LogP contribution in [0, 0.1) is 13.8 Å². The Hall–Kier alpha value is -2.18. The molecule has 26 heavy (non-hydrogen) atoms. The number of rotatable bonds is 5. The quantitative estimate of drug-likeness (QED) is 0.755. The van der Waals surface area contributed by atoms with Gasteiger partial charge in [0.2, 0.25) is 10.0 Å². The molecule has 1 fully saturated rings. The van der Waals surface area contributed by atoms with Gasteiger partial charge < -0.3 is 4.74 Å². The topological polar surface area (TPSA) is 63.7 Å². The molecule has 5 nitrogen and oxygen atoms in total. The number of nitrogens with zero attached hydrogens (tertiary/aromatic N) is 1. The van der Waals surface area contributed by atoms with Crippen molar-refractivity contribution >= 4 is 16.0 Å². The Morgan fingerprint density at radius 3 is 2.23 bits per heavy atom. The number of ether oxygens (including phenoxy) is 1. The Labute approximate surface area is 154 Å². The largest absolute Gasteiger partial charge is 0.460 e. The van der Waals surface area contributed by atoms with Crippen molar-refractivity contribution < 1.29 is 17.9 Å². The van der Waals surface area contributed by atoms with Crippen LogP contribution in [0.1, 0.15) is 29.5 Å². The van der Waals surface area contributed by atoms with Gasteiger partial charge in [0.05, 0.1) is 4.90 Å². The first kappa shape index (κ1) is 18.6. The average Bonchev–Trinajstić information content (AvgIpc) is 3.12. The van der Waals surface area contributed by atoms with E-state index in [-0.39, 0.29) is 11.5 Å². The molecule has 138 valence electrons. The van der Waals surface area contributed by atoms with Crippen LogP contribution < -0.4 is 0 Å². The molecule has 1 atom stereocenters. The number of benzene rings is 2. The Kier molecular flexibility index (Phi) is 5.44. The van der Waals surface area contributed by atoms with E-state index in [0.29, 0.717) is 19.4 Å². The van der Waals surface area contributed by atoms with E-state index in [1.54, 1.807) is 24.3 Å². The normalized spacial score (nSPS) is 18.0. The van der Waals surface area contributed by atoms with Crippen molar-refractivity contribution in [2.75, 3.05) is 6.54 Å². The molecule has 0 aliphatic carbocycles. The van der Waals surface area contributed by atoms with E-state index in [1.807, 2.05) is 38.1 Å². The summed E-state index contributed by atoms with van der Waals surface area (Å²) in [5.74, 6) is -0.487. The van der Waals surface area contributed by atoms with Gasteiger partial charge >= 0.3 is 5.97 Å². The van der Waals surface area contributed by atoms with Gasteiger partial charge in [0.15, 0.2) is 0 Å². The summed E-state index contributed by atoms with van der Waals surface area (Å²) in [6, 6.07) is 13.6. The number of carbonyl (C=O) groups is 1. The van der Waals surface area contributed by atoms with Crippen LogP contribution in [-0.4, -0.2) is 31.3 Å². The predicted octanol–water partition coefficient (Wildman–Crippen LogP) is 3.20. The SMILES string of the molecule is Cc1ccc(COC(=O)[C@@H]2CCCN2S(=O)(=O)c2ccc(C)cc2)cc1. The van der Waals surface area contributed by atoms with Gasteiger partial charge in [-0.2, -0.15) is 4.31 Å². The maximum atomic E-state index is 12.9. The van der Waals surface area contributed by atoms with E-state index in [4.69, 9.17) is 4.74 Å². The molecule has 1 aliphatic rings. The standard InChI is InChI=1S/C20H23NO4S/c1-15-5-9-17(10-6-15)14-25-20(22)19-4-3-13-21(19)26(23,24)18-11-7-16(2)8-12-18/h5-12,19H,3-4,13-14H2,1-2H3/t19-/m0/s1. The summed E-state index contributed by atoms with van der Waals surface area (Å²) in [6.07, 6.45) is 1.13. The molecule has 0 N–H and O–H groups in total. The molecule has 0 saturated carbocycles. The maximum absolute atomic E-state index is 12.9. The highest BCUT2D eigenvalue weighted by molar-refractivity contribution is 7.89.